The van der Waals surface area contributed by atoms with Crippen molar-refractivity contribution in [2.75, 3.05) is 32.8 Å². The van der Waals surface area contributed by atoms with Crippen molar-refractivity contribution < 1.29 is 9.53 Å². The average Bonchev–Trinajstić information content (AvgIpc) is 2.56. The number of carbonyl (C=O) groups is 1. The van der Waals surface area contributed by atoms with E-state index in [1.54, 1.807) is 0 Å². The van der Waals surface area contributed by atoms with Crippen molar-refractivity contribution in [3.05, 3.63) is 35.9 Å². The van der Waals surface area contributed by atoms with Crippen molar-refractivity contribution in [1.29, 1.82) is 0 Å². The van der Waals surface area contributed by atoms with Gasteiger partial charge in [0.2, 0.25) is 5.91 Å². The summed E-state index contributed by atoms with van der Waals surface area (Å²) in [6.07, 6.45) is 1.73. The Morgan fingerprint density at radius 1 is 1.20 bits per heavy atom. The summed E-state index contributed by atoms with van der Waals surface area (Å²) in [7, 11) is 0. The van der Waals surface area contributed by atoms with Gasteiger partial charge in [-0.25, -0.2) is 0 Å². The molecule has 4 nitrogen and oxygen atoms in total. The summed E-state index contributed by atoms with van der Waals surface area (Å²) in [6.45, 7) is 3.98. The Hall–Kier alpha value is -1.39. The molecule has 2 saturated heterocycles. The zero-order valence-corrected chi connectivity index (χ0v) is 11.8. The first-order valence-corrected chi connectivity index (χ1v) is 7.50. The smallest absolute Gasteiger partial charge is 0.226 e. The van der Waals surface area contributed by atoms with Crippen molar-refractivity contribution in [1.82, 2.24) is 10.2 Å². The lowest BCUT2D eigenvalue weighted by Crippen LogP contribution is -2.51. The minimum atomic E-state index is 0.146. The van der Waals surface area contributed by atoms with Crippen LogP contribution in [0.5, 0.6) is 0 Å². The molecule has 1 atom stereocenters. The van der Waals surface area contributed by atoms with Crippen LogP contribution >= 0.6 is 0 Å². The molecule has 0 aromatic heterocycles. The van der Waals surface area contributed by atoms with Gasteiger partial charge in [0.1, 0.15) is 0 Å². The van der Waals surface area contributed by atoms with Crippen LogP contribution in [0.2, 0.25) is 0 Å². The number of nitrogens with one attached hydrogen (secondary N) is 1. The number of carbonyl (C=O) groups excluding carboxylic acids is 1. The summed E-state index contributed by atoms with van der Waals surface area (Å²) in [5.74, 6) is 0.455. The number of rotatable bonds is 2. The summed E-state index contributed by atoms with van der Waals surface area (Å²) < 4.78 is 5.37. The first kappa shape index (κ1) is 13.6. The Balaban J connectivity index is 1.76. The largest absolute Gasteiger partial charge is 0.381 e. The van der Waals surface area contributed by atoms with E-state index in [0.717, 1.165) is 45.7 Å². The van der Waals surface area contributed by atoms with Crippen molar-refractivity contribution >= 4 is 5.91 Å². The van der Waals surface area contributed by atoms with Gasteiger partial charge in [0, 0.05) is 38.8 Å². The van der Waals surface area contributed by atoms with E-state index in [0.29, 0.717) is 5.91 Å². The Morgan fingerprint density at radius 2 is 1.95 bits per heavy atom. The summed E-state index contributed by atoms with van der Waals surface area (Å²) in [4.78, 5) is 14.9. The Morgan fingerprint density at radius 3 is 2.70 bits per heavy atom. The van der Waals surface area contributed by atoms with Gasteiger partial charge in [-0.15, -0.1) is 0 Å². The molecule has 1 aromatic carbocycles. The maximum absolute atomic E-state index is 12.8. The Labute approximate surface area is 120 Å². The van der Waals surface area contributed by atoms with E-state index in [1.807, 2.05) is 18.2 Å². The molecular formula is C16H22N2O2. The van der Waals surface area contributed by atoms with Gasteiger partial charge in [0.25, 0.3) is 0 Å². The number of piperazine rings is 1. The number of amides is 1. The zero-order chi connectivity index (χ0) is 13.8. The molecule has 0 radical (unpaired) electrons. The van der Waals surface area contributed by atoms with Crippen LogP contribution in [0, 0.1) is 5.92 Å². The van der Waals surface area contributed by atoms with Crippen LogP contribution in [-0.4, -0.2) is 43.7 Å². The second-order valence-electron chi connectivity index (χ2n) is 5.55. The van der Waals surface area contributed by atoms with Crippen LogP contribution in [0.3, 0.4) is 0 Å². The van der Waals surface area contributed by atoms with E-state index in [9.17, 15) is 4.79 Å². The van der Waals surface area contributed by atoms with Crippen molar-refractivity contribution in [3.63, 3.8) is 0 Å². The van der Waals surface area contributed by atoms with E-state index in [1.165, 1.54) is 5.56 Å². The van der Waals surface area contributed by atoms with Gasteiger partial charge in [0.05, 0.1) is 6.04 Å². The molecule has 0 bridgehead atoms. The SMILES string of the molecule is O=C(C1CCOCC1)N1CCNC[C@H]1c1ccccc1. The van der Waals surface area contributed by atoms with Crippen LogP contribution in [0.15, 0.2) is 30.3 Å². The van der Waals surface area contributed by atoms with Crippen molar-refractivity contribution in [2.24, 2.45) is 5.92 Å². The molecular weight excluding hydrogens is 252 g/mol. The lowest BCUT2D eigenvalue weighted by Gasteiger charge is -2.39. The Kier molecular flexibility index (Phi) is 4.33. The van der Waals surface area contributed by atoms with Crippen LogP contribution in [0.4, 0.5) is 0 Å². The molecule has 2 heterocycles. The second-order valence-corrected chi connectivity index (χ2v) is 5.55. The number of nitrogens with zero attached hydrogens (tertiary/aromatic N) is 1. The number of hydrogen-bond donors (Lipinski definition) is 1. The molecule has 1 N–H and O–H groups in total. The molecule has 2 fully saturated rings. The summed E-state index contributed by atoms with van der Waals surface area (Å²) in [5.41, 5.74) is 1.22. The number of benzene rings is 1. The van der Waals surface area contributed by atoms with Crippen molar-refractivity contribution in [2.45, 2.75) is 18.9 Å². The number of hydrogen-bond acceptors (Lipinski definition) is 3. The molecule has 0 spiro atoms. The summed E-state index contributed by atoms with van der Waals surface area (Å²) in [5, 5.41) is 3.40. The molecule has 2 aliphatic rings. The van der Waals surface area contributed by atoms with Gasteiger partial charge in [-0.2, -0.15) is 0 Å². The van der Waals surface area contributed by atoms with Gasteiger partial charge >= 0.3 is 0 Å². The zero-order valence-electron chi connectivity index (χ0n) is 11.8. The quantitative estimate of drug-likeness (QED) is 0.890. The van der Waals surface area contributed by atoms with Crippen LogP contribution in [-0.2, 0) is 9.53 Å². The third-order valence-corrected chi connectivity index (χ3v) is 4.28. The monoisotopic (exact) mass is 274 g/mol. The van der Waals surface area contributed by atoms with Gasteiger partial charge in [0.15, 0.2) is 0 Å². The average molecular weight is 274 g/mol. The first-order chi connectivity index (χ1) is 9.86. The summed E-state index contributed by atoms with van der Waals surface area (Å²) >= 11 is 0. The standard InChI is InChI=1S/C16H22N2O2/c19-16(14-6-10-20-11-7-14)18-9-8-17-12-15(18)13-4-2-1-3-5-13/h1-5,14-15,17H,6-12H2/t15-/m0/s1. The van der Waals surface area contributed by atoms with E-state index < -0.39 is 0 Å². The lowest BCUT2D eigenvalue weighted by molar-refractivity contribution is -0.142. The van der Waals surface area contributed by atoms with E-state index in [2.05, 4.69) is 22.3 Å². The lowest BCUT2D eigenvalue weighted by atomic mass is 9.95. The highest BCUT2D eigenvalue weighted by Crippen LogP contribution is 2.26. The van der Waals surface area contributed by atoms with E-state index in [4.69, 9.17) is 4.74 Å². The molecule has 1 amide bonds. The molecule has 0 unspecified atom stereocenters. The third kappa shape index (κ3) is 2.86. The third-order valence-electron chi connectivity index (χ3n) is 4.28. The number of ether oxygens (including phenoxy) is 1. The van der Waals surface area contributed by atoms with Gasteiger partial charge in [-0.05, 0) is 18.4 Å². The van der Waals surface area contributed by atoms with Crippen LogP contribution in [0.1, 0.15) is 24.4 Å². The van der Waals surface area contributed by atoms with Gasteiger partial charge < -0.3 is 15.0 Å². The predicted molar refractivity (Wildman–Crippen MR) is 77.3 cm³/mol. The molecule has 4 heteroatoms. The molecule has 108 valence electrons. The topological polar surface area (TPSA) is 41.6 Å². The second kappa shape index (κ2) is 6.37. The maximum Gasteiger partial charge on any atom is 0.226 e. The minimum Gasteiger partial charge on any atom is -0.381 e. The fourth-order valence-corrected chi connectivity index (χ4v) is 3.12. The molecule has 0 saturated carbocycles. The Bertz CT molecular complexity index is 443. The summed E-state index contributed by atoms with van der Waals surface area (Å²) in [6, 6.07) is 10.5. The first-order valence-electron chi connectivity index (χ1n) is 7.50. The normalized spacial score (nSPS) is 24.6. The van der Waals surface area contributed by atoms with E-state index in [-0.39, 0.29) is 12.0 Å². The van der Waals surface area contributed by atoms with Crippen LogP contribution < -0.4 is 5.32 Å². The highest BCUT2D eigenvalue weighted by molar-refractivity contribution is 5.79. The molecule has 0 aliphatic carbocycles. The highest BCUT2D eigenvalue weighted by atomic mass is 16.5. The van der Waals surface area contributed by atoms with Gasteiger partial charge in [-0.3, -0.25) is 4.79 Å². The molecule has 2 aliphatic heterocycles. The molecule has 1 aromatic rings. The van der Waals surface area contributed by atoms with Crippen LogP contribution in [0.25, 0.3) is 0 Å². The molecule has 20 heavy (non-hydrogen) atoms. The van der Waals surface area contributed by atoms with E-state index >= 15 is 0 Å². The maximum atomic E-state index is 12.8. The fourth-order valence-electron chi connectivity index (χ4n) is 3.12. The van der Waals surface area contributed by atoms with Gasteiger partial charge in [-0.1, -0.05) is 30.3 Å². The predicted octanol–water partition coefficient (Wildman–Crippen LogP) is 1.59. The fraction of sp³-hybridized carbons (Fsp3) is 0.562. The minimum absolute atomic E-state index is 0.146. The highest BCUT2D eigenvalue weighted by Gasteiger charge is 2.32. The molecule has 3 rings (SSSR count). The van der Waals surface area contributed by atoms with Crippen molar-refractivity contribution in [3.8, 4) is 0 Å².